The molecule has 1 atom stereocenters. The molecule has 0 spiro atoms. The molecule has 0 aliphatic heterocycles. The average molecular weight is 203 g/mol. The zero-order chi connectivity index (χ0) is 10.8. The predicted octanol–water partition coefficient (Wildman–Crippen LogP) is 0.101. The number of oxime groups is 1. The molecule has 14 heavy (non-hydrogen) atoms. The Bertz CT molecular complexity index is 182. The zero-order valence-electron chi connectivity index (χ0n) is 8.35. The fourth-order valence-electron chi connectivity index (χ4n) is 0.770. The Balaban J connectivity index is 3.23. The number of carbonyl (C=O) groups excluding carboxylic acids is 1. The molecule has 0 saturated heterocycles. The summed E-state index contributed by atoms with van der Waals surface area (Å²) in [6.07, 6.45) is 2.83. The molecule has 0 aliphatic carbocycles. The third kappa shape index (κ3) is 9.15. The lowest BCUT2D eigenvalue weighted by Crippen LogP contribution is -2.11. The van der Waals surface area contributed by atoms with Crippen molar-refractivity contribution < 1.29 is 19.8 Å². The minimum atomic E-state index is -0.651. The van der Waals surface area contributed by atoms with Crippen molar-refractivity contribution >= 4 is 12.0 Å². The molecule has 0 heterocycles. The topological polar surface area (TPSA) is 79.1 Å². The molecule has 0 saturated carbocycles. The highest BCUT2D eigenvalue weighted by molar-refractivity contribution is 5.76. The van der Waals surface area contributed by atoms with Gasteiger partial charge in [-0.25, -0.2) is 0 Å². The summed E-state index contributed by atoms with van der Waals surface area (Å²) in [5, 5.41) is 21.0. The maximum atomic E-state index is 10.4. The quantitative estimate of drug-likeness (QED) is 0.333. The number of Topliss-reactive ketones (excluding diaryl/α,β-unsaturated/α-hetero) is 1. The number of hydrogen-bond donors (Lipinski definition) is 2. The summed E-state index contributed by atoms with van der Waals surface area (Å²) in [5.74, 6) is -0.0714. The van der Waals surface area contributed by atoms with E-state index in [4.69, 9.17) is 10.2 Å². The van der Waals surface area contributed by atoms with E-state index in [1.807, 2.05) is 0 Å². The first-order chi connectivity index (χ1) is 6.66. The second-order valence-electron chi connectivity index (χ2n) is 3.03. The number of nitrogens with zero attached hydrogens (tertiary/aromatic N) is 1. The van der Waals surface area contributed by atoms with E-state index in [-0.39, 0.29) is 19.0 Å². The van der Waals surface area contributed by atoms with E-state index in [9.17, 15) is 4.79 Å². The molecule has 82 valence electrons. The van der Waals surface area contributed by atoms with Crippen LogP contribution in [-0.4, -0.2) is 41.5 Å². The van der Waals surface area contributed by atoms with E-state index in [0.717, 1.165) is 6.42 Å². The summed E-state index contributed by atoms with van der Waals surface area (Å²) >= 11 is 0. The third-order valence-electron chi connectivity index (χ3n) is 1.50. The van der Waals surface area contributed by atoms with Crippen LogP contribution in [0.3, 0.4) is 0 Å². The van der Waals surface area contributed by atoms with Gasteiger partial charge in [-0.05, 0) is 26.2 Å². The smallest absolute Gasteiger partial charge is 0.174 e. The molecule has 5 heteroatoms. The molecule has 0 amide bonds. The lowest BCUT2D eigenvalue weighted by molar-refractivity contribution is -0.121. The minimum absolute atomic E-state index is 0.00420. The molecule has 5 nitrogen and oxygen atoms in total. The SMILES string of the molecule is CC(=O)CO/N=C/CCCC(O)CO. The molecule has 0 bridgehead atoms. The number of aliphatic hydroxyl groups is 2. The molecule has 0 aromatic heterocycles. The van der Waals surface area contributed by atoms with E-state index in [2.05, 4.69) is 9.99 Å². The zero-order valence-corrected chi connectivity index (χ0v) is 8.35. The van der Waals surface area contributed by atoms with Crippen LogP contribution in [0.4, 0.5) is 0 Å². The van der Waals surface area contributed by atoms with Gasteiger partial charge in [0.2, 0.25) is 0 Å². The Hall–Kier alpha value is -0.940. The lowest BCUT2D eigenvalue weighted by Gasteiger charge is -2.03. The molecule has 0 radical (unpaired) electrons. The minimum Gasteiger partial charge on any atom is -0.394 e. The first-order valence-corrected chi connectivity index (χ1v) is 4.59. The van der Waals surface area contributed by atoms with Crippen LogP contribution < -0.4 is 0 Å². The van der Waals surface area contributed by atoms with Crippen molar-refractivity contribution in [2.45, 2.75) is 32.3 Å². The summed E-state index contributed by atoms with van der Waals surface area (Å²) in [4.78, 5) is 15.0. The van der Waals surface area contributed by atoms with Gasteiger partial charge in [0.25, 0.3) is 0 Å². The number of rotatable bonds is 8. The molecule has 0 aromatic rings. The molecule has 0 fully saturated rings. The highest BCUT2D eigenvalue weighted by atomic mass is 16.6. The van der Waals surface area contributed by atoms with Crippen LogP contribution in [0.1, 0.15) is 26.2 Å². The van der Waals surface area contributed by atoms with E-state index < -0.39 is 6.10 Å². The van der Waals surface area contributed by atoms with Gasteiger partial charge in [-0.1, -0.05) is 5.16 Å². The lowest BCUT2D eigenvalue weighted by atomic mass is 10.2. The highest BCUT2D eigenvalue weighted by Crippen LogP contribution is 1.98. The van der Waals surface area contributed by atoms with Crippen molar-refractivity contribution in [3.63, 3.8) is 0 Å². The summed E-state index contributed by atoms with van der Waals surface area (Å²) in [7, 11) is 0. The Morgan fingerprint density at radius 3 is 2.93 bits per heavy atom. The van der Waals surface area contributed by atoms with Crippen molar-refractivity contribution in [2.75, 3.05) is 13.2 Å². The molecular formula is C9H17NO4. The number of ketones is 1. The van der Waals surface area contributed by atoms with Crippen LogP contribution in [0.5, 0.6) is 0 Å². The molecule has 0 aromatic carbocycles. The van der Waals surface area contributed by atoms with Gasteiger partial charge in [0.15, 0.2) is 12.4 Å². The molecule has 0 aliphatic rings. The van der Waals surface area contributed by atoms with Crippen molar-refractivity contribution in [3.8, 4) is 0 Å². The van der Waals surface area contributed by atoms with Gasteiger partial charge in [-0.2, -0.15) is 0 Å². The molecular weight excluding hydrogens is 186 g/mol. The van der Waals surface area contributed by atoms with Gasteiger partial charge in [0, 0.05) is 6.21 Å². The van der Waals surface area contributed by atoms with Crippen LogP contribution in [0, 0.1) is 0 Å². The third-order valence-corrected chi connectivity index (χ3v) is 1.50. The van der Waals surface area contributed by atoms with Gasteiger partial charge in [0.1, 0.15) is 0 Å². The van der Waals surface area contributed by atoms with E-state index in [1.54, 1.807) is 6.21 Å². The van der Waals surface area contributed by atoms with Crippen LogP contribution in [0.15, 0.2) is 5.16 Å². The Morgan fingerprint density at radius 1 is 1.64 bits per heavy atom. The summed E-state index contributed by atoms with van der Waals surface area (Å²) in [5.41, 5.74) is 0. The number of aliphatic hydroxyl groups excluding tert-OH is 2. The molecule has 0 rings (SSSR count). The monoisotopic (exact) mass is 203 g/mol. The van der Waals surface area contributed by atoms with Crippen molar-refractivity contribution in [3.05, 3.63) is 0 Å². The van der Waals surface area contributed by atoms with Gasteiger partial charge >= 0.3 is 0 Å². The second kappa shape index (κ2) is 8.65. The second-order valence-corrected chi connectivity index (χ2v) is 3.03. The first kappa shape index (κ1) is 13.1. The van der Waals surface area contributed by atoms with Gasteiger partial charge in [0.05, 0.1) is 12.7 Å². The maximum absolute atomic E-state index is 10.4. The fourth-order valence-corrected chi connectivity index (χ4v) is 0.770. The molecule has 1 unspecified atom stereocenters. The summed E-state index contributed by atoms with van der Waals surface area (Å²) in [6, 6.07) is 0. The number of unbranched alkanes of at least 4 members (excludes halogenated alkanes) is 1. The molecule has 2 N–H and O–H groups in total. The first-order valence-electron chi connectivity index (χ1n) is 4.59. The fraction of sp³-hybridized carbons (Fsp3) is 0.778. The van der Waals surface area contributed by atoms with Gasteiger partial charge in [-0.3, -0.25) is 4.79 Å². The van der Waals surface area contributed by atoms with Crippen molar-refractivity contribution in [1.82, 2.24) is 0 Å². The van der Waals surface area contributed by atoms with Crippen LogP contribution in [0.2, 0.25) is 0 Å². The Morgan fingerprint density at radius 2 is 2.36 bits per heavy atom. The predicted molar refractivity (Wildman–Crippen MR) is 52.1 cm³/mol. The van der Waals surface area contributed by atoms with E-state index >= 15 is 0 Å². The van der Waals surface area contributed by atoms with Crippen molar-refractivity contribution in [2.24, 2.45) is 5.16 Å². The van der Waals surface area contributed by atoms with Gasteiger partial charge in [-0.15, -0.1) is 0 Å². The standard InChI is InChI=1S/C9H17NO4/c1-8(12)7-14-10-5-3-2-4-9(13)6-11/h5,9,11,13H,2-4,6-7H2,1H3/b10-5+. The summed E-state index contributed by atoms with van der Waals surface area (Å²) in [6.45, 7) is 1.21. The average Bonchev–Trinajstić information content (AvgIpc) is 2.15. The largest absolute Gasteiger partial charge is 0.394 e. The highest BCUT2D eigenvalue weighted by Gasteiger charge is 1.99. The maximum Gasteiger partial charge on any atom is 0.174 e. The normalized spacial score (nSPS) is 13.1. The number of hydrogen-bond acceptors (Lipinski definition) is 5. The Kier molecular flexibility index (Phi) is 8.07. The van der Waals surface area contributed by atoms with Gasteiger partial charge < -0.3 is 15.1 Å². The summed E-state index contributed by atoms with van der Waals surface area (Å²) < 4.78 is 0. The van der Waals surface area contributed by atoms with Crippen molar-refractivity contribution in [1.29, 1.82) is 0 Å². The van der Waals surface area contributed by atoms with E-state index in [0.29, 0.717) is 12.8 Å². The number of carbonyl (C=O) groups is 1. The van der Waals surface area contributed by atoms with Crippen LogP contribution in [0.25, 0.3) is 0 Å². The van der Waals surface area contributed by atoms with Crippen LogP contribution in [-0.2, 0) is 9.63 Å². The van der Waals surface area contributed by atoms with E-state index in [1.165, 1.54) is 6.92 Å². The van der Waals surface area contributed by atoms with Crippen LogP contribution >= 0.6 is 0 Å². The Labute approximate surface area is 83.4 Å².